The molecule has 2 nitrogen and oxygen atoms in total. The van der Waals surface area contributed by atoms with Crippen LogP contribution in [0.4, 0.5) is 0 Å². The van der Waals surface area contributed by atoms with Crippen molar-refractivity contribution in [3.05, 3.63) is 34.4 Å². The number of aromatic nitrogens is 1. The lowest BCUT2D eigenvalue weighted by molar-refractivity contribution is 1.43. The minimum Gasteiger partial charge on any atom is -0.360 e. The van der Waals surface area contributed by atoms with Crippen LogP contribution in [-0.2, 0) is 0 Å². The molecule has 0 amide bonds. The van der Waals surface area contributed by atoms with Crippen LogP contribution in [0.1, 0.15) is 12.5 Å². The molecule has 3 heteroatoms. The van der Waals surface area contributed by atoms with Gasteiger partial charge in [-0.15, -0.1) is 0 Å². The molecule has 1 aromatic heterocycles. The van der Waals surface area contributed by atoms with Gasteiger partial charge < -0.3 is 10.4 Å². The third kappa shape index (κ3) is 1.40. The van der Waals surface area contributed by atoms with Crippen molar-refractivity contribution >= 4 is 32.5 Å². The molecule has 13 heavy (non-hydrogen) atoms. The van der Waals surface area contributed by atoms with Gasteiger partial charge >= 0.3 is 0 Å². The van der Waals surface area contributed by atoms with Crippen molar-refractivity contribution < 1.29 is 0 Å². The van der Waals surface area contributed by atoms with E-state index in [0.717, 1.165) is 20.9 Å². The Morgan fingerprint density at radius 2 is 2.23 bits per heavy atom. The lowest BCUT2D eigenvalue weighted by Crippen LogP contribution is -1.88. The second-order valence-corrected chi connectivity index (χ2v) is 3.93. The highest BCUT2D eigenvalue weighted by atomic mass is 79.9. The number of hydrogen-bond acceptors (Lipinski definition) is 1. The van der Waals surface area contributed by atoms with E-state index < -0.39 is 0 Å². The van der Waals surface area contributed by atoms with E-state index in [-0.39, 0.29) is 0 Å². The number of rotatable bonds is 1. The minimum atomic E-state index is 0.587. The van der Waals surface area contributed by atoms with E-state index in [2.05, 4.69) is 20.9 Å². The Kier molecular flexibility index (Phi) is 1.96. The van der Waals surface area contributed by atoms with Crippen LogP contribution in [-0.4, -0.2) is 10.7 Å². The number of hydrogen-bond donors (Lipinski definition) is 2. The number of halogens is 1. The van der Waals surface area contributed by atoms with E-state index in [1.54, 1.807) is 6.92 Å². The number of benzene rings is 1. The summed E-state index contributed by atoms with van der Waals surface area (Å²) in [4.78, 5) is 3.14. The monoisotopic (exact) mass is 236 g/mol. The fourth-order valence-corrected chi connectivity index (χ4v) is 1.76. The third-order valence-corrected chi connectivity index (χ3v) is 2.54. The van der Waals surface area contributed by atoms with Gasteiger partial charge in [-0.3, -0.25) is 0 Å². The number of aromatic amines is 1. The van der Waals surface area contributed by atoms with E-state index in [1.165, 1.54) is 0 Å². The predicted molar refractivity (Wildman–Crippen MR) is 58.5 cm³/mol. The zero-order valence-corrected chi connectivity index (χ0v) is 8.77. The van der Waals surface area contributed by atoms with Crippen LogP contribution in [0.15, 0.2) is 28.9 Å². The summed E-state index contributed by atoms with van der Waals surface area (Å²) in [6.45, 7) is 1.80. The quantitative estimate of drug-likeness (QED) is 0.714. The second kappa shape index (κ2) is 3.00. The molecule has 1 aromatic carbocycles. The van der Waals surface area contributed by atoms with Crippen molar-refractivity contribution in [2.45, 2.75) is 6.92 Å². The first-order valence-corrected chi connectivity index (χ1v) is 4.80. The first-order valence-electron chi connectivity index (χ1n) is 4.00. The van der Waals surface area contributed by atoms with Crippen molar-refractivity contribution in [1.29, 1.82) is 5.41 Å². The van der Waals surface area contributed by atoms with Gasteiger partial charge in [0.25, 0.3) is 0 Å². The molecule has 0 radical (unpaired) electrons. The molecule has 0 aliphatic rings. The second-order valence-electron chi connectivity index (χ2n) is 3.02. The number of fused-ring (bicyclic) bond motifs is 1. The molecule has 66 valence electrons. The molecule has 0 aliphatic carbocycles. The van der Waals surface area contributed by atoms with Gasteiger partial charge in [-0.1, -0.05) is 15.9 Å². The molecule has 0 saturated heterocycles. The van der Waals surface area contributed by atoms with Gasteiger partial charge in [0.1, 0.15) is 0 Å². The summed E-state index contributed by atoms with van der Waals surface area (Å²) in [6, 6.07) is 6.02. The van der Waals surface area contributed by atoms with Crippen molar-refractivity contribution in [2.75, 3.05) is 0 Å². The summed E-state index contributed by atoms with van der Waals surface area (Å²) in [5, 5.41) is 8.67. The minimum absolute atomic E-state index is 0.587. The summed E-state index contributed by atoms with van der Waals surface area (Å²) in [6.07, 6.45) is 1.87. The summed E-state index contributed by atoms with van der Waals surface area (Å²) >= 11 is 3.42. The highest BCUT2D eigenvalue weighted by Gasteiger charge is 2.04. The summed E-state index contributed by atoms with van der Waals surface area (Å²) in [5.74, 6) is 0. The smallest absolute Gasteiger partial charge is 0.0461 e. The zero-order chi connectivity index (χ0) is 9.42. The summed E-state index contributed by atoms with van der Waals surface area (Å²) in [5.41, 5.74) is 2.63. The lowest BCUT2D eigenvalue weighted by atomic mass is 10.1. The van der Waals surface area contributed by atoms with Crippen molar-refractivity contribution in [1.82, 2.24) is 4.98 Å². The Bertz CT molecular complexity index is 471. The molecule has 0 fully saturated rings. The van der Waals surface area contributed by atoms with Crippen LogP contribution >= 0.6 is 15.9 Å². The van der Waals surface area contributed by atoms with Crippen LogP contribution in [0.25, 0.3) is 10.9 Å². The maximum Gasteiger partial charge on any atom is 0.0461 e. The molecule has 0 spiro atoms. The molecule has 0 bridgehead atoms. The van der Waals surface area contributed by atoms with Crippen LogP contribution in [0, 0.1) is 5.41 Å². The molecule has 0 unspecified atom stereocenters. The fourth-order valence-electron chi connectivity index (χ4n) is 1.40. The van der Waals surface area contributed by atoms with E-state index >= 15 is 0 Å². The van der Waals surface area contributed by atoms with Gasteiger partial charge in [0.05, 0.1) is 0 Å². The van der Waals surface area contributed by atoms with Crippen molar-refractivity contribution in [3.63, 3.8) is 0 Å². The zero-order valence-electron chi connectivity index (χ0n) is 7.19. The average Bonchev–Trinajstić information content (AvgIpc) is 2.46. The molecular weight excluding hydrogens is 228 g/mol. The SMILES string of the molecule is CC(=N)c1c[nH]c2ccc(Br)cc12. The maximum atomic E-state index is 7.57. The topological polar surface area (TPSA) is 39.6 Å². The largest absolute Gasteiger partial charge is 0.360 e. The number of H-pyrrole nitrogens is 1. The molecule has 0 aliphatic heterocycles. The van der Waals surface area contributed by atoms with Crippen molar-refractivity contribution in [2.24, 2.45) is 0 Å². The Balaban J connectivity index is 2.79. The molecule has 2 N–H and O–H groups in total. The van der Waals surface area contributed by atoms with Crippen LogP contribution in [0.2, 0.25) is 0 Å². The van der Waals surface area contributed by atoms with Crippen molar-refractivity contribution in [3.8, 4) is 0 Å². The first kappa shape index (κ1) is 8.51. The fraction of sp³-hybridized carbons (Fsp3) is 0.100. The maximum absolute atomic E-state index is 7.57. The Morgan fingerprint density at radius 3 is 2.92 bits per heavy atom. The van der Waals surface area contributed by atoms with E-state index in [0.29, 0.717) is 5.71 Å². The third-order valence-electron chi connectivity index (χ3n) is 2.05. The van der Waals surface area contributed by atoms with Gasteiger partial charge in [-0.05, 0) is 25.1 Å². The van der Waals surface area contributed by atoms with E-state index in [4.69, 9.17) is 5.41 Å². The first-order chi connectivity index (χ1) is 6.18. The Morgan fingerprint density at radius 1 is 1.46 bits per heavy atom. The van der Waals surface area contributed by atoms with E-state index in [1.807, 2.05) is 24.4 Å². The lowest BCUT2D eigenvalue weighted by Gasteiger charge is -1.95. The van der Waals surface area contributed by atoms with Crippen LogP contribution in [0.5, 0.6) is 0 Å². The van der Waals surface area contributed by atoms with E-state index in [9.17, 15) is 0 Å². The molecule has 1 heterocycles. The molecular formula is C10H9BrN2. The van der Waals surface area contributed by atoms with Gasteiger partial charge in [-0.25, -0.2) is 0 Å². The van der Waals surface area contributed by atoms with Gasteiger partial charge in [0, 0.05) is 32.8 Å². The standard InChI is InChI=1S/C10H9BrN2/c1-6(12)9-5-13-10-3-2-7(11)4-8(9)10/h2-5,12-13H,1H3. The summed E-state index contributed by atoms with van der Waals surface area (Å²) < 4.78 is 1.04. The summed E-state index contributed by atoms with van der Waals surface area (Å²) in [7, 11) is 0. The van der Waals surface area contributed by atoms with Gasteiger partial charge in [-0.2, -0.15) is 0 Å². The van der Waals surface area contributed by atoms with Gasteiger partial charge in [0.15, 0.2) is 0 Å². The molecule has 2 rings (SSSR count). The highest BCUT2D eigenvalue weighted by Crippen LogP contribution is 2.22. The van der Waals surface area contributed by atoms with Gasteiger partial charge in [0.2, 0.25) is 0 Å². The molecule has 0 saturated carbocycles. The van der Waals surface area contributed by atoms with Crippen LogP contribution < -0.4 is 0 Å². The number of nitrogens with one attached hydrogen (secondary N) is 2. The Hall–Kier alpha value is -1.09. The predicted octanol–water partition coefficient (Wildman–Crippen LogP) is 3.32. The average molecular weight is 237 g/mol. The normalized spacial score (nSPS) is 10.6. The molecule has 2 aromatic rings. The highest BCUT2D eigenvalue weighted by molar-refractivity contribution is 9.10. The van der Waals surface area contributed by atoms with Crippen LogP contribution in [0.3, 0.4) is 0 Å². The molecule has 0 atom stereocenters. The Labute approximate surface area is 84.6 Å².